The van der Waals surface area contributed by atoms with Gasteiger partial charge in [-0.1, -0.05) is 15.9 Å². The van der Waals surface area contributed by atoms with Crippen LogP contribution in [0.25, 0.3) is 0 Å². The number of ether oxygens (including phenoxy) is 2. The Hall–Kier alpha value is -1.64. The van der Waals surface area contributed by atoms with Crippen LogP contribution in [0.5, 0.6) is 0 Å². The fraction of sp³-hybridized carbons (Fsp3) is 0.385. The SMILES string of the molecule is COCC(CNC(=O)Nc1ccc(Br)cc1C(=O)O)OC. The maximum atomic E-state index is 11.8. The molecular weight excluding hydrogens is 344 g/mol. The third-order valence-corrected chi connectivity index (χ3v) is 3.13. The van der Waals surface area contributed by atoms with Gasteiger partial charge in [0.15, 0.2) is 0 Å². The van der Waals surface area contributed by atoms with E-state index in [1.165, 1.54) is 26.4 Å². The standard InChI is InChI=1S/C13H17BrN2O5/c1-20-7-9(21-2)6-15-13(19)16-11-4-3-8(14)5-10(11)12(17)18/h3-5,9H,6-7H2,1-2H3,(H,17,18)(H2,15,16,19). The minimum atomic E-state index is -1.12. The number of rotatable bonds is 7. The van der Waals surface area contributed by atoms with E-state index in [-0.39, 0.29) is 23.9 Å². The molecule has 1 rings (SSSR count). The molecule has 0 aromatic heterocycles. The fourth-order valence-electron chi connectivity index (χ4n) is 1.57. The van der Waals surface area contributed by atoms with Gasteiger partial charge in [0.25, 0.3) is 0 Å². The van der Waals surface area contributed by atoms with Gasteiger partial charge >= 0.3 is 12.0 Å². The highest BCUT2D eigenvalue weighted by atomic mass is 79.9. The molecule has 0 saturated heterocycles. The highest BCUT2D eigenvalue weighted by Crippen LogP contribution is 2.21. The number of hydrogen-bond acceptors (Lipinski definition) is 4. The number of carboxylic acid groups (broad SMARTS) is 1. The molecule has 3 N–H and O–H groups in total. The zero-order valence-corrected chi connectivity index (χ0v) is 13.3. The van der Waals surface area contributed by atoms with Crippen molar-refractivity contribution in [2.24, 2.45) is 0 Å². The maximum absolute atomic E-state index is 11.8. The molecule has 0 aliphatic rings. The Morgan fingerprint density at radius 1 is 1.38 bits per heavy atom. The average Bonchev–Trinajstić information content (AvgIpc) is 2.45. The van der Waals surface area contributed by atoms with E-state index < -0.39 is 12.0 Å². The third-order valence-electron chi connectivity index (χ3n) is 2.64. The van der Waals surface area contributed by atoms with Crippen LogP contribution < -0.4 is 10.6 Å². The summed E-state index contributed by atoms with van der Waals surface area (Å²) in [5, 5.41) is 14.2. The van der Waals surface area contributed by atoms with Crippen molar-refractivity contribution in [2.75, 3.05) is 32.7 Å². The van der Waals surface area contributed by atoms with E-state index in [2.05, 4.69) is 26.6 Å². The molecule has 1 unspecified atom stereocenters. The summed E-state index contributed by atoms with van der Waals surface area (Å²) < 4.78 is 10.6. The van der Waals surface area contributed by atoms with Gasteiger partial charge < -0.3 is 25.2 Å². The molecule has 21 heavy (non-hydrogen) atoms. The van der Waals surface area contributed by atoms with E-state index in [0.29, 0.717) is 11.1 Å². The number of methoxy groups -OCH3 is 2. The molecule has 0 radical (unpaired) electrons. The lowest BCUT2D eigenvalue weighted by Crippen LogP contribution is -2.38. The Morgan fingerprint density at radius 2 is 2.10 bits per heavy atom. The number of carboxylic acids is 1. The number of hydrogen-bond donors (Lipinski definition) is 3. The van der Waals surface area contributed by atoms with Crippen LogP contribution >= 0.6 is 15.9 Å². The van der Waals surface area contributed by atoms with Gasteiger partial charge in [-0.05, 0) is 18.2 Å². The van der Waals surface area contributed by atoms with E-state index >= 15 is 0 Å². The van der Waals surface area contributed by atoms with Crippen molar-refractivity contribution < 1.29 is 24.2 Å². The van der Waals surface area contributed by atoms with E-state index in [0.717, 1.165) is 0 Å². The summed E-state index contributed by atoms with van der Waals surface area (Å²) in [4.78, 5) is 22.9. The van der Waals surface area contributed by atoms with Gasteiger partial charge in [-0.25, -0.2) is 9.59 Å². The van der Waals surface area contributed by atoms with Crippen LogP contribution in [-0.2, 0) is 9.47 Å². The first-order valence-electron chi connectivity index (χ1n) is 6.07. The number of anilines is 1. The summed E-state index contributed by atoms with van der Waals surface area (Å²) in [5.74, 6) is -1.12. The molecule has 0 saturated carbocycles. The summed E-state index contributed by atoms with van der Waals surface area (Å²) in [6.45, 7) is 0.588. The van der Waals surface area contributed by atoms with Crippen LogP contribution in [0.3, 0.4) is 0 Å². The highest BCUT2D eigenvalue weighted by Gasteiger charge is 2.14. The first kappa shape index (κ1) is 17.4. The molecule has 8 heteroatoms. The molecule has 0 aliphatic heterocycles. The summed E-state index contributed by atoms with van der Waals surface area (Å²) in [6.07, 6.45) is -0.274. The van der Waals surface area contributed by atoms with Crippen molar-refractivity contribution in [2.45, 2.75) is 6.10 Å². The Balaban J connectivity index is 2.65. The van der Waals surface area contributed by atoms with Crippen LogP contribution in [0.1, 0.15) is 10.4 Å². The maximum Gasteiger partial charge on any atom is 0.337 e. The van der Waals surface area contributed by atoms with Gasteiger partial charge in [0.05, 0.1) is 24.0 Å². The minimum absolute atomic E-state index is 0.000270. The number of nitrogens with one attached hydrogen (secondary N) is 2. The summed E-state index contributed by atoms with van der Waals surface area (Å²) in [7, 11) is 3.05. The number of halogens is 1. The van der Waals surface area contributed by atoms with Crippen molar-refractivity contribution in [3.63, 3.8) is 0 Å². The van der Waals surface area contributed by atoms with Gasteiger partial charge in [0.1, 0.15) is 0 Å². The summed E-state index contributed by atoms with van der Waals surface area (Å²) >= 11 is 3.19. The van der Waals surface area contributed by atoms with E-state index in [1.54, 1.807) is 6.07 Å². The lowest BCUT2D eigenvalue weighted by atomic mass is 10.2. The second kappa shape index (κ2) is 8.60. The molecule has 0 heterocycles. The normalized spacial score (nSPS) is 11.8. The number of urea groups is 1. The Labute approximate surface area is 130 Å². The van der Waals surface area contributed by atoms with Crippen LogP contribution in [0, 0.1) is 0 Å². The van der Waals surface area contributed by atoms with Crippen LogP contribution in [0.2, 0.25) is 0 Å². The van der Waals surface area contributed by atoms with Gasteiger partial charge in [-0.2, -0.15) is 0 Å². The molecule has 2 amide bonds. The number of aromatic carboxylic acids is 1. The van der Waals surface area contributed by atoms with Gasteiger partial charge in [0.2, 0.25) is 0 Å². The first-order chi connectivity index (χ1) is 9.97. The van der Waals surface area contributed by atoms with Crippen molar-refractivity contribution >= 4 is 33.6 Å². The molecule has 7 nitrogen and oxygen atoms in total. The van der Waals surface area contributed by atoms with Crippen LogP contribution in [0.4, 0.5) is 10.5 Å². The Bertz CT molecular complexity index is 509. The van der Waals surface area contributed by atoms with Gasteiger partial charge in [-0.3, -0.25) is 0 Å². The molecule has 0 aliphatic carbocycles. The zero-order chi connectivity index (χ0) is 15.8. The van der Waals surface area contributed by atoms with Crippen molar-refractivity contribution in [1.29, 1.82) is 0 Å². The predicted octanol–water partition coefficient (Wildman–Crippen LogP) is 1.93. The number of carbonyl (C=O) groups excluding carboxylic acids is 1. The lowest BCUT2D eigenvalue weighted by molar-refractivity contribution is 0.0307. The molecule has 1 atom stereocenters. The first-order valence-corrected chi connectivity index (χ1v) is 6.86. The van der Waals surface area contributed by atoms with Crippen molar-refractivity contribution in [1.82, 2.24) is 5.32 Å². The minimum Gasteiger partial charge on any atom is -0.478 e. The van der Waals surface area contributed by atoms with Gasteiger partial charge in [0, 0.05) is 25.2 Å². The second-order valence-corrected chi connectivity index (χ2v) is 5.06. The van der Waals surface area contributed by atoms with Crippen molar-refractivity contribution in [3.8, 4) is 0 Å². The number of carbonyl (C=O) groups is 2. The van der Waals surface area contributed by atoms with E-state index in [9.17, 15) is 9.59 Å². The summed E-state index contributed by atoms with van der Waals surface area (Å²) in [5.41, 5.74) is 0.212. The topological polar surface area (TPSA) is 96.9 Å². The number of amides is 2. The number of benzene rings is 1. The van der Waals surface area contributed by atoms with Crippen LogP contribution in [0.15, 0.2) is 22.7 Å². The summed E-state index contributed by atoms with van der Waals surface area (Å²) in [6, 6.07) is 4.06. The van der Waals surface area contributed by atoms with E-state index in [1.807, 2.05) is 0 Å². The Morgan fingerprint density at radius 3 is 2.67 bits per heavy atom. The average molecular weight is 361 g/mol. The molecule has 1 aromatic rings. The largest absolute Gasteiger partial charge is 0.478 e. The lowest BCUT2D eigenvalue weighted by Gasteiger charge is -2.16. The Kier molecular flexibility index (Phi) is 7.13. The molecule has 1 aromatic carbocycles. The molecule has 0 bridgehead atoms. The smallest absolute Gasteiger partial charge is 0.337 e. The zero-order valence-electron chi connectivity index (χ0n) is 11.7. The second-order valence-electron chi connectivity index (χ2n) is 4.14. The van der Waals surface area contributed by atoms with Crippen molar-refractivity contribution in [3.05, 3.63) is 28.2 Å². The van der Waals surface area contributed by atoms with E-state index in [4.69, 9.17) is 14.6 Å². The molecule has 116 valence electrons. The highest BCUT2D eigenvalue weighted by molar-refractivity contribution is 9.10. The van der Waals surface area contributed by atoms with Crippen LogP contribution in [-0.4, -0.2) is 50.6 Å². The quantitative estimate of drug-likeness (QED) is 0.690. The monoisotopic (exact) mass is 360 g/mol. The van der Waals surface area contributed by atoms with Gasteiger partial charge in [-0.15, -0.1) is 0 Å². The predicted molar refractivity (Wildman–Crippen MR) is 80.8 cm³/mol. The molecular formula is C13H17BrN2O5. The molecule has 0 spiro atoms. The third kappa shape index (κ3) is 5.70. The molecule has 0 fully saturated rings. The fourth-order valence-corrected chi connectivity index (χ4v) is 1.93.